The molecule has 0 spiro atoms. The molecule has 3 atom stereocenters. The highest BCUT2D eigenvalue weighted by Crippen LogP contribution is 2.22. The number of aliphatic hydroxyl groups is 1. The minimum atomic E-state index is -0.495. The summed E-state index contributed by atoms with van der Waals surface area (Å²) in [6.45, 7) is 4.09. The Balaban J connectivity index is 2.49. The van der Waals surface area contributed by atoms with Crippen LogP contribution < -0.4 is 0 Å². The molecule has 1 fully saturated rings. The van der Waals surface area contributed by atoms with Gasteiger partial charge >= 0.3 is 5.97 Å². The summed E-state index contributed by atoms with van der Waals surface area (Å²) in [7, 11) is 0. The molecule has 1 rings (SSSR count). The van der Waals surface area contributed by atoms with Crippen LogP contribution >= 0.6 is 0 Å². The molecular weight excluding hydrogens is 156 g/mol. The fourth-order valence-corrected chi connectivity index (χ4v) is 1.42. The lowest BCUT2D eigenvalue weighted by Crippen LogP contribution is -2.36. The second-order valence-corrected chi connectivity index (χ2v) is 3.51. The van der Waals surface area contributed by atoms with E-state index in [0.29, 0.717) is 12.3 Å². The second-order valence-electron chi connectivity index (χ2n) is 3.51. The summed E-state index contributed by atoms with van der Waals surface area (Å²) in [6, 6.07) is 0. The van der Waals surface area contributed by atoms with Gasteiger partial charge in [-0.05, 0) is 5.92 Å². The van der Waals surface area contributed by atoms with Crippen molar-refractivity contribution < 1.29 is 14.6 Å². The van der Waals surface area contributed by atoms with Gasteiger partial charge in [-0.1, -0.05) is 20.3 Å². The smallest absolute Gasteiger partial charge is 0.308 e. The Kier molecular flexibility index (Phi) is 3.09. The van der Waals surface area contributed by atoms with Crippen LogP contribution in [0.2, 0.25) is 0 Å². The molecule has 1 N–H and O–H groups in total. The molecule has 12 heavy (non-hydrogen) atoms. The van der Waals surface area contributed by atoms with Crippen molar-refractivity contribution in [2.45, 2.75) is 45.3 Å². The number of esters is 1. The quantitative estimate of drug-likeness (QED) is 0.634. The van der Waals surface area contributed by atoms with Crippen molar-refractivity contribution in [2.24, 2.45) is 5.92 Å². The Labute approximate surface area is 72.7 Å². The van der Waals surface area contributed by atoms with E-state index < -0.39 is 6.10 Å². The lowest BCUT2D eigenvalue weighted by molar-refractivity contribution is -0.163. The van der Waals surface area contributed by atoms with Gasteiger partial charge in [-0.15, -0.1) is 0 Å². The Morgan fingerprint density at radius 3 is 2.92 bits per heavy atom. The fourth-order valence-electron chi connectivity index (χ4n) is 1.42. The third-order valence-electron chi connectivity index (χ3n) is 2.47. The van der Waals surface area contributed by atoms with Gasteiger partial charge in [0.2, 0.25) is 0 Å². The highest BCUT2D eigenvalue weighted by Gasteiger charge is 2.29. The van der Waals surface area contributed by atoms with Gasteiger partial charge in [0.05, 0.1) is 12.5 Å². The first-order valence-electron chi connectivity index (χ1n) is 4.51. The van der Waals surface area contributed by atoms with Crippen molar-refractivity contribution in [3.63, 3.8) is 0 Å². The highest BCUT2D eigenvalue weighted by atomic mass is 16.5. The molecule has 0 aromatic carbocycles. The van der Waals surface area contributed by atoms with E-state index in [-0.39, 0.29) is 18.5 Å². The van der Waals surface area contributed by atoms with Crippen molar-refractivity contribution in [3.8, 4) is 0 Å². The number of carbonyl (C=O) groups excluding carboxylic acids is 1. The Hall–Kier alpha value is -0.570. The number of ether oxygens (including phenoxy) is 1. The van der Waals surface area contributed by atoms with E-state index in [1.165, 1.54) is 0 Å². The van der Waals surface area contributed by atoms with Gasteiger partial charge in [-0.2, -0.15) is 0 Å². The van der Waals surface area contributed by atoms with Crippen LogP contribution in [0, 0.1) is 5.92 Å². The molecule has 0 aromatic heterocycles. The van der Waals surface area contributed by atoms with Crippen molar-refractivity contribution in [1.29, 1.82) is 0 Å². The number of cyclic esters (lactones) is 1. The third kappa shape index (κ3) is 2.21. The zero-order valence-corrected chi connectivity index (χ0v) is 7.62. The normalized spacial score (nSPS) is 32.8. The summed E-state index contributed by atoms with van der Waals surface area (Å²) >= 11 is 0. The molecule has 70 valence electrons. The van der Waals surface area contributed by atoms with Crippen molar-refractivity contribution in [2.75, 3.05) is 0 Å². The molecule has 1 saturated heterocycles. The molecule has 0 radical (unpaired) electrons. The maximum atomic E-state index is 10.9. The second kappa shape index (κ2) is 3.90. The van der Waals surface area contributed by atoms with Crippen molar-refractivity contribution >= 4 is 5.97 Å². The van der Waals surface area contributed by atoms with Crippen LogP contribution in [0.3, 0.4) is 0 Å². The van der Waals surface area contributed by atoms with Gasteiger partial charge in [0.25, 0.3) is 0 Å². The van der Waals surface area contributed by atoms with Gasteiger partial charge in [-0.3, -0.25) is 4.79 Å². The summed E-state index contributed by atoms with van der Waals surface area (Å²) < 4.78 is 5.11. The van der Waals surface area contributed by atoms with Gasteiger partial charge in [0.1, 0.15) is 6.10 Å². The SMILES string of the molecule is CCC(C)C1CC(O)CC(=O)O1. The first kappa shape index (κ1) is 9.52. The lowest BCUT2D eigenvalue weighted by Gasteiger charge is -2.29. The van der Waals surface area contributed by atoms with E-state index in [0.717, 1.165) is 6.42 Å². The van der Waals surface area contributed by atoms with Gasteiger partial charge in [0.15, 0.2) is 0 Å². The van der Waals surface area contributed by atoms with Crippen LogP contribution in [0.4, 0.5) is 0 Å². The zero-order chi connectivity index (χ0) is 9.14. The summed E-state index contributed by atoms with van der Waals surface area (Å²) in [5.41, 5.74) is 0. The first-order chi connectivity index (χ1) is 5.63. The summed E-state index contributed by atoms with van der Waals surface area (Å²) in [5.74, 6) is 0.0861. The summed E-state index contributed by atoms with van der Waals surface area (Å²) in [4.78, 5) is 10.9. The maximum absolute atomic E-state index is 10.9. The molecular formula is C9H16O3. The molecule has 0 saturated carbocycles. The van der Waals surface area contributed by atoms with E-state index in [1.807, 2.05) is 6.92 Å². The van der Waals surface area contributed by atoms with Crippen LogP contribution in [-0.4, -0.2) is 23.3 Å². The number of aliphatic hydroxyl groups excluding tert-OH is 1. The minimum Gasteiger partial charge on any atom is -0.462 e. The number of hydrogen-bond acceptors (Lipinski definition) is 3. The number of rotatable bonds is 2. The Bertz CT molecular complexity index is 167. The van der Waals surface area contributed by atoms with E-state index >= 15 is 0 Å². The van der Waals surface area contributed by atoms with Crippen LogP contribution in [0.25, 0.3) is 0 Å². The molecule has 3 heteroatoms. The molecule has 3 nitrogen and oxygen atoms in total. The van der Waals surface area contributed by atoms with Crippen molar-refractivity contribution in [1.82, 2.24) is 0 Å². The predicted molar refractivity (Wildman–Crippen MR) is 44.6 cm³/mol. The van der Waals surface area contributed by atoms with E-state index in [1.54, 1.807) is 0 Å². The van der Waals surface area contributed by atoms with Crippen LogP contribution in [0.1, 0.15) is 33.1 Å². The molecule has 1 aliphatic heterocycles. The van der Waals surface area contributed by atoms with Gasteiger partial charge in [0, 0.05) is 6.42 Å². The molecule has 0 amide bonds. The average molecular weight is 172 g/mol. The molecule has 0 aliphatic carbocycles. The van der Waals surface area contributed by atoms with Crippen LogP contribution in [-0.2, 0) is 9.53 Å². The Morgan fingerprint density at radius 1 is 1.75 bits per heavy atom. The van der Waals surface area contributed by atoms with Crippen LogP contribution in [0.5, 0.6) is 0 Å². The standard InChI is InChI=1S/C9H16O3/c1-3-6(2)8-4-7(10)5-9(11)12-8/h6-8,10H,3-5H2,1-2H3. The first-order valence-corrected chi connectivity index (χ1v) is 4.51. The highest BCUT2D eigenvalue weighted by molar-refractivity contribution is 5.70. The molecule has 0 aromatic rings. The average Bonchev–Trinajstić information content (AvgIpc) is 2.01. The molecule has 1 heterocycles. The Morgan fingerprint density at radius 2 is 2.42 bits per heavy atom. The lowest BCUT2D eigenvalue weighted by atomic mass is 9.94. The number of hydrogen-bond donors (Lipinski definition) is 1. The molecule has 0 bridgehead atoms. The largest absolute Gasteiger partial charge is 0.462 e. The summed E-state index contributed by atoms with van der Waals surface area (Å²) in [5, 5.41) is 9.29. The monoisotopic (exact) mass is 172 g/mol. The van der Waals surface area contributed by atoms with E-state index in [2.05, 4.69) is 6.92 Å². The molecule has 1 aliphatic rings. The summed E-state index contributed by atoms with van der Waals surface area (Å²) in [6.07, 6.45) is 1.16. The minimum absolute atomic E-state index is 0.0775. The predicted octanol–water partition coefficient (Wildman–Crippen LogP) is 1.10. The van der Waals surface area contributed by atoms with Gasteiger partial charge < -0.3 is 9.84 Å². The topological polar surface area (TPSA) is 46.5 Å². The van der Waals surface area contributed by atoms with Crippen molar-refractivity contribution in [3.05, 3.63) is 0 Å². The molecule has 3 unspecified atom stereocenters. The zero-order valence-electron chi connectivity index (χ0n) is 7.62. The number of carbonyl (C=O) groups is 1. The van der Waals surface area contributed by atoms with E-state index in [4.69, 9.17) is 4.74 Å². The maximum Gasteiger partial charge on any atom is 0.308 e. The van der Waals surface area contributed by atoms with Gasteiger partial charge in [-0.25, -0.2) is 0 Å². The van der Waals surface area contributed by atoms with E-state index in [9.17, 15) is 9.90 Å². The fraction of sp³-hybridized carbons (Fsp3) is 0.889. The third-order valence-corrected chi connectivity index (χ3v) is 2.47. The van der Waals surface area contributed by atoms with Crippen LogP contribution in [0.15, 0.2) is 0 Å².